The molecule has 1 amide bonds. The van der Waals surface area contributed by atoms with Crippen LogP contribution in [0.5, 0.6) is 0 Å². The molecule has 176 valence electrons. The average molecular weight is 480 g/mol. The van der Waals surface area contributed by atoms with Gasteiger partial charge in [0.05, 0.1) is 10.4 Å². The third-order valence-corrected chi connectivity index (χ3v) is 7.81. The highest BCUT2D eigenvalue weighted by atomic mass is 32.2. The predicted molar refractivity (Wildman–Crippen MR) is 131 cm³/mol. The van der Waals surface area contributed by atoms with Gasteiger partial charge in [-0.3, -0.25) is 9.78 Å². The molecular weight excluding hydrogens is 453 g/mol. The van der Waals surface area contributed by atoms with E-state index in [1.807, 2.05) is 37.3 Å². The summed E-state index contributed by atoms with van der Waals surface area (Å²) >= 11 is 0. The molecule has 1 saturated heterocycles. The Labute approximate surface area is 198 Å². The zero-order valence-corrected chi connectivity index (χ0v) is 19.7. The van der Waals surface area contributed by atoms with Crippen LogP contribution in [0.2, 0.25) is 0 Å². The van der Waals surface area contributed by atoms with E-state index in [0.717, 1.165) is 34.2 Å². The highest BCUT2D eigenvalue weighted by molar-refractivity contribution is 7.89. The Morgan fingerprint density at radius 2 is 1.97 bits per heavy atom. The fourth-order valence-electron chi connectivity index (χ4n) is 4.08. The van der Waals surface area contributed by atoms with Crippen molar-refractivity contribution in [3.63, 3.8) is 0 Å². The molecule has 1 N–H and O–H groups in total. The minimum Gasteiger partial charge on any atom is -0.351 e. The molecule has 0 spiro atoms. The van der Waals surface area contributed by atoms with E-state index in [4.69, 9.17) is 0 Å². The number of nitrogens with one attached hydrogen (secondary N) is 1. The predicted octanol–water partition coefficient (Wildman–Crippen LogP) is 4.30. The van der Waals surface area contributed by atoms with E-state index in [2.05, 4.69) is 22.9 Å². The second kappa shape index (κ2) is 9.87. The summed E-state index contributed by atoms with van der Waals surface area (Å²) in [5, 5.41) is 3.85. The van der Waals surface area contributed by atoms with E-state index in [0.29, 0.717) is 18.4 Å². The summed E-state index contributed by atoms with van der Waals surface area (Å²) in [7, 11) is -3.90. The van der Waals surface area contributed by atoms with Crippen LogP contribution >= 0.6 is 0 Å². The summed E-state index contributed by atoms with van der Waals surface area (Å²) < 4.78 is 40.4. The summed E-state index contributed by atoms with van der Waals surface area (Å²) in [6, 6.07) is 13.7. The number of nitrogens with zero attached hydrogens (tertiary/aromatic N) is 2. The number of carbonyl (C=O) groups is 1. The lowest BCUT2D eigenvalue weighted by molar-refractivity contribution is -0.124. The van der Waals surface area contributed by atoms with E-state index in [9.17, 15) is 17.6 Å². The monoisotopic (exact) mass is 479 g/mol. The first-order valence-corrected chi connectivity index (χ1v) is 12.5. The van der Waals surface area contributed by atoms with Gasteiger partial charge in [-0.25, -0.2) is 12.8 Å². The van der Waals surface area contributed by atoms with Gasteiger partial charge in [0.1, 0.15) is 11.9 Å². The normalized spacial score (nSPS) is 17.1. The van der Waals surface area contributed by atoms with Crippen molar-refractivity contribution in [3.8, 4) is 0 Å². The van der Waals surface area contributed by atoms with Crippen molar-refractivity contribution in [2.75, 3.05) is 13.1 Å². The SMILES string of the molecule is C=C(C=C(C)c1cnc2ccccc2c1)CNC(=O)[C@@H]1CCCN1S(=O)(=O)c1ccc(F)cc1. The number of fused-ring (bicyclic) bond motifs is 1. The number of rotatable bonds is 7. The number of carbonyl (C=O) groups excluding carboxylic acids is 1. The lowest BCUT2D eigenvalue weighted by Crippen LogP contribution is -2.46. The van der Waals surface area contributed by atoms with Crippen molar-refractivity contribution in [1.29, 1.82) is 0 Å². The van der Waals surface area contributed by atoms with Crippen LogP contribution in [0, 0.1) is 5.82 Å². The first-order valence-electron chi connectivity index (χ1n) is 11.0. The molecule has 6 nitrogen and oxygen atoms in total. The number of hydrogen-bond donors (Lipinski definition) is 1. The largest absolute Gasteiger partial charge is 0.351 e. The maximum absolute atomic E-state index is 13.2. The van der Waals surface area contributed by atoms with Gasteiger partial charge in [-0.15, -0.1) is 0 Å². The Bertz CT molecular complexity index is 1370. The molecule has 1 atom stereocenters. The van der Waals surface area contributed by atoms with Crippen LogP contribution < -0.4 is 5.32 Å². The molecule has 2 heterocycles. The molecule has 1 aromatic heterocycles. The number of pyridine rings is 1. The number of aromatic nitrogens is 1. The molecule has 3 aromatic rings. The fourth-order valence-corrected chi connectivity index (χ4v) is 5.73. The minimum atomic E-state index is -3.90. The Morgan fingerprint density at radius 1 is 1.24 bits per heavy atom. The highest BCUT2D eigenvalue weighted by Gasteiger charge is 2.39. The highest BCUT2D eigenvalue weighted by Crippen LogP contribution is 2.26. The maximum Gasteiger partial charge on any atom is 0.243 e. The Balaban J connectivity index is 1.41. The second-order valence-electron chi connectivity index (χ2n) is 8.35. The van der Waals surface area contributed by atoms with Crippen LogP contribution in [0.4, 0.5) is 4.39 Å². The van der Waals surface area contributed by atoms with Gasteiger partial charge >= 0.3 is 0 Å². The molecule has 0 unspecified atom stereocenters. The number of benzene rings is 2. The van der Waals surface area contributed by atoms with Crippen molar-refractivity contribution in [1.82, 2.24) is 14.6 Å². The molecule has 2 aromatic carbocycles. The van der Waals surface area contributed by atoms with Gasteiger partial charge in [0.15, 0.2) is 0 Å². The molecule has 1 aliphatic rings. The zero-order chi connectivity index (χ0) is 24.3. The number of amides is 1. The van der Waals surface area contributed by atoms with Crippen molar-refractivity contribution in [2.24, 2.45) is 0 Å². The number of sulfonamides is 1. The van der Waals surface area contributed by atoms with Gasteiger partial charge in [-0.1, -0.05) is 30.9 Å². The van der Waals surface area contributed by atoms with Crippen molar-refractivity contribution in [2.45, 2.75) is 30.7 Å². The standard InChI is InChI=1S/C26H26FN3O3S/c1-18(14-19(2)21-15-20-6-3-4-7-24(20)28-17-21)16-29-26(31)25-8-5-13-30(25)34(32,33)23-11-9-22(27)10-12-23/h3-4,6-7,9-12,14-15,17,25H,1,5,8,13,16H2,2H3,(H,29,31)/t25-/m0/s1. The van der Waals surface area contributed by atoms with E-state index >= 15 is 0 Å². The van der Waals surface area contributed by atoms with Crippen molar-refractivity contribution in [3.05, 3.63) is 90.4 Å². The molecule has 0 saturated carbocycles. The van der Waals surface area contributed by atoms with Gasteiger partial charge in [-0.2, -0.15) is 4.31 Å². The molecule has 1 aliphatic heterocycles. The van der Waals surface area contributed by atoms with E-state index in [1.165, 1.54) is 16.4 Å². The van der Waals surface area contributed by atoms with E-state index < -0.39 is 21.9 Å². The number of allylic oxidation sites excluding steroid dienone is 1. The summed E-state index contributed by atoms with van der Waals surface area (Å²) in [5.74, 6) is -0.890. The van der Waals surface area contributed by atoms with Gasteiger partial charge in [-0.05, 0) is 72.9 Å². The van der Waals surface area contributed by atoms with Crippen LogP contribution in [-0.2, 0) is 14.8 Å². The Hall–Kier alpha value is -3.36. The number of hydrogen-bond acceptors (Lipinski definition) is 4. The van der Waals surface area contributed by atoms with E-state index in [-0.39, 0.29) is 23.9 Å². The van der Waals surface area contributed by atoms with Crippen molar-refractivity contribution < 1.29 is 17.6 Å². The van der Waals surface area contributed by atoms with Crippen LogP contribution in [0.1, 0.15) is 25.3 Å². The summed E-state index contributed by atoms with van der Waals surface area (Å²) in [5.41, 5.74) is 3.52. The number of para-hydroxylation sites is 1. The van der Waals surface area contributed by atoms with Crippen LogP contribution in [0.15, 0.2) is 83.9 Å². The average Bonchev–Trinajstić information content (AvgIpc) is 3.33. The Kier molecular flexibility index (Phi) is 6.90. The lowest BCUT2D eigenvalue weighted by Gasteiger charge is -2.23. The molecule has 4 rings (SSSR count). The first kappa shape index (κ1) is 23.8. The van der Waals surface area contributed by atoms with Gasteiger partial charge in [0.25, 0.3) is 0 Å². The quantitative estimate of drug-likeness (QED) is 0.513. The maximum atomic E-state index is 13.2. The second-order valence-corrected chi connectivity index (χ2v) is 10.2. The molecular formula is C26H26FN3O3S. The smallest absolute Gasteiger partial charge is 0.243 e. The van der Waals surface area contributed by atoms with Crippen LogP contribution in [-0.4, -0.2) is 42.7 Å². The van der Waals surface area contributed by atoms with Crippen LogP contribution in [0.25, 0.3) is 16.5 Å². The van der Waals surface area contributed by atoms with Gasteiger partial charge < -0.3 is 5.32 Å². The van der Waals surface area contributed by atoms with Crippen molar-refractivity contribution >= 4 is 32.4 Å². The molecule has 0 bridgehead atoms. The molecule has 0 aliphatic carbocycles. The molecule has 34 heavy (non-hydrogen) atoms. The van der Waals surface area contributed by atoms with Crippen LogP contribution in [0.3, 0.4) is 0 Å². The Morgan fingerprint density at radius 3 is 2.74 bits per heavy atom. The zero-order valence-electron chi connectivity index (χ0n) is 18.9. The molecule has 0 radical (unpaired) electrons. The number of halogens is 1. The summed E-state index contributed by atoms with van der Waals surface area (Å²) in [6.07, 6.45) is 4.69. The third kappa shape index (κ3) is 5.08. The first-order chi connectivity index (χ1) is 16.3. The minimum absolute atomic E-state index is 0.0273. The molecule has 1 fully saturated rings. The summed E-state index contributed by atoms with van der Waals surface area (Å²) in [4.78, 5) is 17.3. The molecule has 8 heteroatoms. The van der Waals surface area contributed by atoms with Gasteiger partial charge in [0.2, 0.25) is 15.9 Å². The van der Waals surface area contributed by atoms with Gasteiger partial charge in [0, 0.05) is 24.7 Å². The fraction of sp³-hybridized carbons (Fsp3) is 0.231. The van der Waals surface area contributed by atoms with E-state index in [1.54, 1.807) is 6.20 Å². The lowest BCUT2D eigenvalue weighted by atomic mass is 10.0. The third-order valence-electron chi connectivity index (χ3n) is 5.88. The topological polar surface area (TPSA) is 79.4 Å². The summed E-state index contributed by atoms with van der Waals surface area (Å²) in [6.45, 7) is 6.41.